The fraction of sp³-hybridized carbons (Fsp3) is 0.447. The van der Waals surface area contributed by atoms with E-state index in [0.29, 0.717) is 41.8 Å². The van der Waals surface area contributed by atoms with Crippen molar-refractivity contribution in [2.24, 2.45) is 5.92 Å². The van der Waals surface area contributed by atoms with Crippen molar-refractivity contribution in [3.63, 3.8) is 0 Å². The third-order valence-corrected chi connectivity index (χ3v) is 9.02. The summed E-state index contributed by atoms with van der Waals surface area (Å²) in [7, 11) is 1.78. The lowest BCUT2D eigenvalue weighted by atomic mass is 10.0. The first kappa shape index (κ1) is 36.5. The molecule has 0 saturated carbocycles. The summed E-state index contributed by atoms with van der Waals surface area (Å²) in [5.41, 5.74) is 2.10. The Labute approximate surface area is 293 Å². The van der Waals surface area contributed by atoms with Crippen molar-refractivity contribution in [1.82, 2.24) is 9.80 Å². The van der Waals surface area contributed by atoms with Crippen molar-refractivity contribution in [3.05, 3.63) is 77.9 Å². The van der Waals surface area contributed by atoms with E-state index in [2.05, 4.69) is 10.6 Å². The van der Waals surface area contributed by atoms with Gasteiger partial charge in [-0.1, -0.05) is 37.3 Å². The number of carbonyl (C=O) groups is 3. The maximum atomic E-state index is 14.4. The maximum Gasteiger partial charge on any atom is 0.323 e. The average molecular weight is 689 g/mol. The summed E-state index contributed by atoms with van der Waals surface area (Å²) in [6.45, 7) is 6.70. The van der Waals surface area contributed by atoms with E-state index in [9.17, 15) is 19.5 Å². The molecule has 12 nitrogen and oxygen atoms in total. The molecule has 0 bridgehead atoms. The van der Waals surface area contributed by atoms with Gasteiger partial charge in [-0.3, -0.25) is 9.59 Å². The van der Waals surface area contributed by atoms with Gasteiger partial charge in [0.05, 0.1) is 36.8 Å². The number of benzene rings is 3. The predicted octanol–water partition coefficient (Wildman–Crippen LogP) is 5.56. The van der Waals surface area contributed by atoms with Crippen LogP contribution in [0.15, 0.2) is 66.7 Å². The number of nitrogens with zero attached hydrogens (tertiary/aromatic N) is 2. The first-order valence-electron chi connectivity index (χ1n) is 17.2. The fourth-order valence-corrected chi connectivity index (χ4v) is 6.01. The van der Waals surface area contributed by atoms with Crippen molar-refractivity contribution in [1.29, 1.82) is 0 Å². The van der Waals surface area contributed by atoms with Crippen LogP contribution >= 0.6 is 0 Å². The van der Waals surface area contributed by atoms with Crippen LogP contribution in [0.4, 0.5) is 16.2 Å². The molecule has 3 aromatic rings. The zero-order chi connectivity index (χ0) is 35.6. The molecule has 2 aliphatic heterocycles. The van der Waals surface area contributed by atoms with Gasteiger partial charge in [0.1, 0.15) is 5.75 Å². The van der Waals surface area contributed by atoms with Crippen LogP contribution in [0.25, 0.3) is 0 Å². The Balaban J connectivity index is 1.36. The Morgan fingerprint density at radius 3 is 2.40 bits per heavy atom. The van der Waals surface area contributed by atoms with Crippen LogP contribution in [0, 0.1) is 5.92 Å². The third kappa shape index (κ3) is 9.66. The summed E-state index contributed by atoms with van der Waals surface area (Å²) < 4.78 is 23.5. The van der Waals surface area contributed by atoms with Gasteiger partial charge in [0, 0.05) is 50.1 Å². The number of nitrogens with one attached hydrogen (secondary N) is 2. The summed E-state index contributed by atoms with van der Waals surface area (Å²) in [6, 6.07) is 18.7. The topological polar surface area (TPSA) is 139 Å². The van der Waals surface area contributed by atoms with Gasteiger partial charge in [-0.25, -0.2) is 4.79 Å². The highest BCUT2D eigenvalue weighted by Crippen LogP contribution is 2.34. The van der Waals surface area contributed by atoms with Crippen molar-refractivity contribution in [3.8, 4) is 17.2 Å². The molecule has 0 radical (unpaired) electrons. The number of likely N-dealkylation sites (N-methyl/N-ethyl adjacent to an activating group) is 1. The first-order valence-corrected chi connectivity index (χ1v) is 17.2. The second-order valence-corrected chi connectivity index (χ2v) is 13.1. The molecule has 0 saturated heterocycles. The molecule has 0 unspecified atom stereocenters. The lowest BCUT2D eigenvalue weighted by Gasteiger charge is -2.36. The molecule has 50 heavy (non-hydrogen) atoms. The van der Waals surface area contributed by atoms with E-state index in [1.165, 1.54) is 0 Å². The predicted molar refractivity (Wildman–Crippen MR) is 190 cm³/mol. The van der Waals surface area contributed by atoms with Gasteiger partial charge in [-0.15, -0.1) is 0 Å². The summed E-state index contributed by atoms with van der Waals surface area (Å²) in [5.74, 6) is 0.960. The normalized spacial score (nSPS) is 20.1. The van der Waals surface area contributed by atoms with Crippen molar-refractivity contribution in [2.45, 2.75) is 64.7 Å². The Hall–Kier alpha value is -4.81. The fourth-order valence-electron chi connectivity index (χ4n) is 6.01. The lowest BCUT2D eigenvalue weighted by Crippen LogP contribution is -2.48. The molecule has 0 aliphatic carbocycles. The molecule has 4 atom stereocenters. The monoisotopic (exact) mass is 688 g/mol. The highest BCUT2D eigenvalue weighted by Gasteiger charge is 2.31. The van der Waals surface area contributed by atoms with Crippen molar-refractivity contribution >= 4 is 29.2 Å². The number of urea groups is 1. The molecular formula is C38H48N4O8. The molecule has 268 valence electrons. The van der Waals surface area contributed by atoms with Crippen LogP contribution in [0.5, 0.6) is 17.2 Å². The molecule has 12 heteroatoms. The minimum Gasteiger partial charge on any atom is -0.490 e. The minimum absolute atomic E-state index is 0.0226. The van der Waals surface area contributed by atoms with Crippen LogP contribution in [-0.4, -0.2) is 91.1 Å². The number of carbonyl (C=O) groups excluding carboxylic acids is 3. The molecule has 2 heterocycles. The quantitative estimate of drug-likeness (QED) is 0.280. The number of aliphatic hydroxyl groups is 1. The van der Waals surface area contributed by atoms with E-state index in [1.807, 2.05) is 44.2 Å². The second kappa shape index (κ2) is 17.2. The molecule has 0 aromatic heterocycles. The number of rotatable bonds is 8. The van der Waals surface area contributed by atoms with Crippen LogP contribution in [0.1, 0.15) is 56.0 Å². The molecule has 3 N–H and O–H groups in total. The summed E-state index contributed by atoms with van der Waals surface area (Å²) in [4.78, 5) is 43.9. The molecule has 2 aliphatic rings. The first-order chi connectivity index (χ1) is 24.1. The number of ether oxygens (including phenoxy) is 4. The number of aliphatic hydroxyl groups excluding tert-OH is 1. The van der Waals surface area contributed by atoms with Crippen molar-refractivity contribution in [2.75, 3.05) is 50.8 Å². The van der Waals surface area contributed by atoms with Gasteiger partial charge in [0.2, 0.25) is 12.7 Å². The highest BCUT2D eigenvalue weighted by molar-refractivity contribution is 6.02. The number of amides is 4. The molecule has 5 rings (SSSR count). The lowest BCUT2D eigenvalue weighted by molar-refractivity contribution is -0.131. The van der Waals surface area contributed by atoms with Gasteiger partial charge >= 0.3 is 6.03 Å². The SMILES string of the molecule is C[C@@H]1CCCCO[C@@H](CN(C)C(=O)Cc2ccccc2)[C@@H](C)CN([C@@H](C)CO)C(=O)c2cc(NC(=O)Nc3ccc4c(c3)OCO4)ccc2O1. The van der Waals surface area contributed by atoms with Gasteiger partial charge in [-0.2, -0.15) is 0 Å². The minimum atomic E-state index is -0.535. The van der Waals surface area contributed by atoms with Gasteiger partial charge < -0.3 is 44.5 Å². The molecule has 4 amide bonds. The van der Waals surface area contributed by atoms with E-state index in [0.717, 1.165) is 24.8 Å². The van der Waals surface area contributed by atoms with Gasteiger partial charge in [0.25, 0.3) is 5.91 Å². The maximum absolute atomic E-state index is 14.4. The van der Waals surface area contributed by atoms with Gasteiger partial charge in [0.15, 0.2) is 11.5 Å². The summed E-state index contributed by atoms with van der Waals surface area (Å²) in [6.07, 6.45) is 2.12. The van der Waals surface area contributed by atoms with Crippen LogP contribution < -0.4 is 24.8 Å². The standard InChI is InChI=1S/C38H48N4O8/c1-25-21-42(26(2)23-43)37(45)31-19-29(39-38(46)40-30-14-16-33-34(20-30)49-24-48-33)13-15-32(31)50-27(3)10-8-9-17-47-35(25)22-41(4)36(44)18-28-11-6-5-7-12-28/h5-7,11-16,19-20,25-27,35,43H,8-10,17-18,21-24H2,1-4H3,(H2,39,40,46)/t25-,26-,27+,35-/m0/s1. The average Bonchev–Trinajstić information content (AvgIpc) is 3.58. The number of hydrogen-bond acceptors (Lipinski definition) is 8. The number of anilines is 2. The number of fused-ring (bicyclic) bond motifs is 2. The summed E-state index contributed by atoms with van der Waals surface area (Å²) in [5, 5.41) is 15.9. The Morgan fingerprint density at radius 1 is 0.960 bits per heavy atom. The zero-order valence-electron chi connectivity index (χ0n) is 29.2. The largest absolute Gasteiger partial charge is 0.490 e. The zero-order valence-corrected chi connectivity index (χ0v) is 29.2. The molecule has 3 aromatic carbocycles. The molecule has 0 spiro atoms. The van der Waals surface area contributed by atoms with E-state index in [-0.39, 0.29) is 61.9 Å². The van der Waals surface area contributed by atoms with E-state index in [1.54, 1.807) is 60.2 Å². The number of hydrogen-bond donors (Lipinski definition) is 3. The summed E-state index contributed by atoms with van der Waals surface area (Å²) >= 11 is 0. The van der Waals surface area contributed by atoms with E-state index in [4.69, 9.17) is 18.9 Å². The van der Waals surface area contributed by atoms with Crippen LogP contribution in [0.3, 0.4) is 0 Å². The van der Waals surface area contributed by atoms with Crippen LogP contribution in [0.2, 0.25) is 0 Å². The Kier molecular flexibility index (Phi) is 12.6. The highest BCUT2D eigenvalue weighted by atomic mass is 16.7. The third-order valence-electron chi connectivity index (χ3n) is 9.02. The Morgan fingerprint density at radius 2 is 1.66 bits per heavy atom. The van der Waals surface area contributed by atoms with Crippen LogP contribution in [-0.2, 0) is 16.0 Å². The van der Waals surface area contributed by atoms with E-state index >= 15 is 0 Å². The molecular weight excluding hydrogens is 640 g/mol. The second-order valence-electron chi connectivity index (χ2n) is 13.1. The van der Waals surface area contributed by atoms with E-state index < -0.39 is 12.1 Å². The van der Waals surface area contributed by atoms with Crippen molar-refractivity contribution < 1.29 is 38.4 Å². The Bertz CT molecular complexity index is 1620. The van der Waals surface area contributed by atoms with Gasteiger partial charge in [-0.05, 0) is 69.0 Å². The smallest absolute Gasteiger partial charge is 0.323 e. The molecule has 0 fully saturated rings.